The highest BCUT2D eigenvalue weighted by Gasteiger charge is 2.37. The number of ether oxygens (including phenoxy) is 4. The van der Waals surface area contributed by atoms with Gasteiger partial charge < -0.3 is 28.4 Å². The minimum Gasteiger partial charge on any atom is -0.497 e. The fourth-order valence-corrected chi connectivity index (χ4v) is 3.61. The van der Waals surface area contributed by atoms with Crippen molar-refractivity contribution >= 4 is 17.6 Å². The van der Waals surface area contributed by atoms with Crippen molar-refractivity contribution in [3.05, 3.63) is 48.4 Å². The van der Waals surface area contributed by atoms with Gasteiger partial charge in [-0.3, -0.25) is 9.59 Å². The molecule has 10 heteroatoms. The Morgan fingerprint density at radius 3 is 2.64 bits per heavy atom. The number of hydrogen-bond donors (Lipinski definition) is 0. The lowest BCUT2D eigenvalue weighted by Crippen LogP contribution is -2.26. The van der Waals surface area contributed by atoms with Crippen LogP contribution in [0.2, 0.25) is 0 Å². The van der Waals surface area contributed by atoms with Gasteiger partial charge in [-0.15, -0.1) is 0 Å². The number of rotatable bonds is 8. The SMILES string of the molecule is COc1ccc(-c2noc(COC(=O)C3CC(=O)N(c4ccccc4OC)C3)n2)c(OC)c1. The molecular weight excluding hydrogens is 430 g/mol. The summed E-state index contributed by atoms with van der Waals surface area (Å²) < 4.78 is 26.4. The molecule has 1 aliphatic rings. The van der Waals surface area contributed by atoms with E-state index in [1.165, 1.54) is 19.1 Å². The van der Waals surface area contributed by atoms with Crippen molar-refractivity contribution in [3.63, 3.8) is 0 Å². The molecule has 0 radical (unpaired) electrons. The maximum Gasteiger partial charge on any atom is 0.311 e. The second-order valence-corrected chi connectivity index (χ2v) is 7.26. The lowest BCUT2D eigenvalue weighted by atomic mass is 10.1. The summed E-state index contributed by atoms with van der Waals surface area (Å²) in [5, 5.41) is 3.93. The summed E-state index contributed by atoms with van der Waals surface area (Å²) in [6, 6.07) is 12.4. The number of nitrogens with zero attached hydrogens (tertiary/aromatic N) is 3. The normalized spacial score (nSPS) is 15.4. The van der Waals surface area contributed by atoms with Crippen molar-refractivity contribution in [2.45, 2.75) is 13.0 Å². The van der Waals surface area contributed by atoms with Crippen LogP contribution in [0.1, 0.15) is 12.3 Å². The van der Waals surface area contributed by atoms with Crippen molar-refractivity contribution in [3.8, 4) is 28.6 Å². The van der Waals surface area contributed by atoms with Gasteiger partial charge in [0.2, 0.25) is 11.7 Å². The summed E-state index contributed by atoms with van der Waals surface area (Å²) in [6.45, 7) is -0.000176. The molecule has 1 aliphatic heterocycles. The Morgan fingerprint density at radius 2 is 1.88 bits per heavy atom. The molecule has 0 aliphatic carbocycles. The van der Waals surface area contributed by atoms with Crippen LogP contribution in [-0.2, 0) is 20.9 Å². The number of amides is 1. The molecule has 1 unspecified atom stereocenters. The fourth-order valence-electron chi connectivity index (χ4n) is 3.61. The van der Waals surface area contributed by atoms with Crippen LogP contribution in [-0.4, -0.2) is 49.9 Å². The van der Waals surface area contributed by atoms with Crippen LogP contribution in [0.25, 0.3) is 11.4 Å². The Morgan fingerprint density at radius 1 is 1.09 bits per heavy atom. The standard InChI is InChI=1S/C23H23N3O7/c1-29-15-8-9-16(19(11-15)31-3)22-24-20(33-25-22)13-32-23(28)14-10-21(27)26(12-14)17-6-4-5-7-18(17)30-2/h4-9,11,14H,10,12-13H2,1-3H3. The van der Waals surface area contributed by atoms with Crippen molar-refractivity contribution in [1.82, 2.24) is 10.1 Å². The van der Waals surface area contributed by atoms with Gasteiger partial charge in [-0.05, 0) is 24.3 Å². The van der Waals surface area contributed by atoms with Crippen molar-refractivity contribution in [2.75, 3.05) is 32.8 Å². The smallest absolute Gasteiger partial charge is 0.311 e. The highest BCUT2D eigenvalue weighted by molar-refractivity contribution is 6.00. The average molecular weight is 453 g/mol. The Bertz CT molecular complexity index is 1160. The van der Waals surface area contributed by atoms with E-state index in [0.717, 1.165) is 0 Å². The zero-order valence-corrected chi connectivity index (χ0v) is 18.4. The van der Waals surface area contributed by atoms with Gasteiger partial charge in [0.25, 0.3) is 5.89 Å². The molecule has 2 aromatic carbocycles. The van der Waals surface area contributed by atoms with E-state index in [9.17, 15) is 9.59 Å². The van der Waals surface area contributed by atoms with E-state index >= 15 is 0 Å². The Labute approximate surface area is 190 Å². The molecule has 3 aromatic rings. The van der Waals surface area contributed by atoms with E-state index in [1.54, 1.807) is 37.4 Å². The maximum atomic E-state index is 12.6. The lowest BCUT2D eigenvalue weighted by Gasteiger charge is -2.19. The van der Waals surface area contributed by atoms with Crippen LogP contribution in [0.3, 0.4) is 0 Å². The van der Waals surface area contributed by atoms with Crippen LogP contribution in [0.5, 0.6) is 17.2 Å². The van der Waals surface area contributed by atoms with E-state index in [2.05, 4.69) is 10.1 Å². The molecule has 0 N–H and O–H groups in total. The van der Waals surface area contributed by atoms with Gasteiger partial charge in [-0.2, -0.15) is 4.98 Å². The molecule has 1 atom stereocenters. The molecule has 172 valence electrons. The Hall–Kier alpha value is -4.08. The highest BCUT2D eigenvalue weighted by atomic mass is 16.6. The molecule has 1 saturated heterocycles. The molecule has 4 rings (SSSR count). The summed E-state index contributed by atoms with van der Waals surface area (Å²) in [6.07, 6.45) is 0.0506. The largest absolute Gasteiger partial charge is 0.497 e. The number of esters is 1. The molecule has 1 amide bonds. The molecule has 1 aromatic heterocycles. The number of aromatic nitrogens is 2. The monoisotopic (exact) mass is 453 g/mol. The minimum absolute atomic E-state index is 0.0506. The number of carbonyl (C=O) groups is 2. The van der Waals surface area contributed by atoms with Gasteiger partial charge in [0.1, 0.15) is 17.2 Å². The van der Waals surface area contributed by atoms with Gasteiger partial charge in [-0.1, -0.05) is 17.3 Å². The molecule has 10 nitrogen and oxygen atoms in total. The Balaban J connectivity index is 1.39. The van der Waals surface area contributed by atoms with Crippen LogP contribution >= 0.6 is 0 Å². The molecule has 33 heavy (non-hydrogen) atoms. The Kier molecular flexibility index (Phi) is 6.43. The molecule has 0 bridgehead atoms. The van der Waals surface area contributed by atoms with Gasteiger partial charge >= 0.3 is 5.97 Å². The second-order valence-electron chi connectivity index (χ2n) is 7.26. The topological polar surface area (TPSA) is 113 Å². The fraction of sp³-hybridized carbons (Fsp3) is 0.304. The summed E-state index contributed by atoms with van der Waals surface area (Å²) in [7, 11) is 4.62. The van der Waals surface area contributed by atoms with Crippen LogP contribution < -0.4 is 19.1 Å². The predicted molar refractivity (Wildman–Crippen MR) is 116 cm³/mol. The third-order valence-electron chi connectivity index (χ3n) is 5.29. The van der Waals surface area contributed by atoms with Gasteiger partial charge in [0.15, 0.2) is 6.61 Å². The van der Waals surface area contributed by atoms with Gasteiger partial charge in [0.05, 0.1) is 38.5 Å². The zero-order chi connectivity index (χ0) is 23.4. The third-order valence-corrected chi connectivity index (χ3v) is 5.29. The first-order valence-electron chi connectivity index (χ1n) is 10.2. The second kappa shape index (κ2) is 9.60. The highest BCUT2D eigenvalue weighted by Crippen LogP contribution is 2.34. The van der Waals surface area contributed by atoms with Crippen molar-refractivity contribution < 1.29 is 33.1 Å². The lowest BCUT2D eigenvalue weighted by molar-refractivity contribution is -0.150. The first kappa shape index (κ1) is 22.1. The number of hydrogen-bond acceptors (Lipinski definition) is 9. The molecular formula is C23H23N3O7. The number of carbonyl (C=O) groups excluding carboxylic acids is 2. The third kappa shape index (κ3) is 4.59. The molecule has 2 heterocycles. The number of methoxy groups -OCH3 is 3. The summed E-state index contributed by atoms with van der Waals surface area (Å²) in [4.78, 5) is 30.9. The summed E-state index contributed by atoms with van der Waals surface area (Å²) >= 11 is 0. The van der Waals surface area contributed by atoms with Crippen LogP contribution in [0.4, 0.5) is 5.69 Å². The van der Waals surface area contributed by atoms with Crippen LogP contribution in [0, 0.1) is 5.92 Å². The molecule has 0 saturated carbocycles. The molecule has 1 fully saturated rings. The summed E-state index contributed by atoms with van der Waals surface area (Å²) in [5.41, 5.74) is 1.23. The van der Waals surface area contributed by atoms with Crippen molar-refractivity contribution in [1.29, 1.82) is 0 Å². The van der Waals surface area contributed by atoms with E-state index in [1.807, 2.05) is 12.1 Å². The van der Waals surface area contributed by atoms with Gasteiger partial charge in [-0.25, -0.2) is 0 Å². The van der Waals surface area contributed by atoms with Gasteiger partial charge in [0, 0.05) is 19.0 Å². The van der Waals surface area contributed by atoms with E-state index in [-0.39, 0.29) is 31.4 Å². The van der Waals surface area contributed by atoms with E-state index in [0.29, 0.717) is 34.3 Å². The quantitative estimate of drug-likeness (QED) is 0.475. The molecule has 0 spiro atoms. The minimum atomic E-state index is -0.605. The zero-order valence-electron chi connectivity index (χ0n) is 18.4. The average Bonchev–Trinajstić information content (AvgIpc) is 3.48. The number of anilines is 1. The van der Waals surface area contributed by atoms with E-state index in [4.69, 9.17) is 23.5 Å². The number of para-hydroxylation sites is 2. The summed E-state index contributed by atoms with van der Waals surface area (Å²) in [5.74, 6) is 0.830. The number of benzene rings is 2. The predicted octanol–water partition coefficient (Wildman–Crippen LogP) is 2.86. The first-order chi connectivity index (χ1) is 16.0. The maximum absolute atomic E-state index is 12.6. The van der Waals surface area contributed by atoms with E-state index < -0.39 is 11.9 Å². The van der Waals surface area contributed by atoms with Crippen LogP contribution in [0.15, 0.2) is 47.0 Å². The first-order valence-corrected chi connectivity index (χ1v) is 10.2. The van der Waals surface area contributed by atoms with Crippen molar-refractivity contribution in [2.24, 2.45) is 5.92 Å².